The fourth-order valence-corrected chi connectivity index (χ4v) is 2.47. The van der Waals surface area contributed by atoms with Gasteiger partial charge >= 0.3 is 16.3 Å². The van der Waals surface area contributed by atoms with Gasteiger partial charge in [0.25, 0.3) is 0 Å². The van der Waals surface area contributed by atoms with E-state index in [-0.39, 0.29) is 0 Å². The summed E-state index contributed by atoms with van der Waals surface area (Å²) < 4.78 is 33.2. The summed E-state index contributed by atoms with van der Waals surface area (Å²) in [5.41, 5.74) is 0. The highest BCUT2D eigenvalue weighted by atomic mass is 32.2. The molecular weight excluding hydrogens is 210 g/mol. The average Bonchev–Trinajstić information content (AvgIpc) is 2.41. The molecule has 14 heavy (non-hydrogen) atoms. The minimum Gasteiger partial charge on any atom is -0.467 e. The first-order valence-electron chi connectivity index (χ1n) is 4.28. The molecule has 0 aromatic rings. The number of carbonyl (C=O) groups is 1. The van der Waals surface area contributed by atoms with E-state index in [0.717, 1.165) is 6.42 Å². The van der Waals surface area contributed by atoms with Crippen molar-refractivity contribution in [3.05, 3.63) is 0 Å². The van der Waals surface area contributed by atoms with E-state index in [1.165, 1.54) is 7.11 Å². The van der Waals surface area contributed by atoms with Crippen molar-refractivity contribution in [2.24, 2.45) is 0 Å². The SMILES string of the molecule is CCC[C@@H]1NS(=O)(=O)O[C@@H]1C(=O)OC. The van der Waals surface area contributed by atoms with Crippen molar-refractivity contribution in [3.63, 3.8) is 0 Å². The number of hydrogen-bond donors (Lipinski definition) is 1. The lowest BCUT2D eigenvalue weighted by Gasteiger charge is -2.11. The van der Waals surface area contributed by atoms with Gasteiger partial charge in [0.2, 0.25) is 0 Å². The highest BCUT2D eigenvalue weighted by molar-refractivity contribution is 7.85. The molecule has 1 saturated heterocycles. The molecule has 1 aliphatic rings. The molecule has 1 N–H and O–H groups in total. The van der Waals surface area contributed by atoms with Crippen LogP contribution in [-0.2, 0) is 24.0 Å². The van der Waals surface area contributed by atoms with E-state index in [1.54, 1.807) is 0 Å². The van der Waals surface area contributed by atoms with Crippen molar-refractivity contribution >= 4 is 16.3 Å². The van der Waals surface area contributed by atoms with Crippen molar-refractivity contribution in [1.29, 1.82) is 0 Å². The zero-order chi connectivity index (χ0) is 10.8. The average molecular weight is 223 g/mol. The predicted octanol–water partition coefficient (Wildman–Crippen LogP) is -0.439. The van der Waals surface area contributed by atoms with Gasteiger partial charge in [0.15, 0.2) is 6.10 Å². The number of carbonyl (C=O) groups excluding carboxylic acids is 1. The molecule has 0 unspecified atom stereocenters. The fraction of sp³-hybridized carbons (Fsp3) is 0.857. The van der Waals surface area contributed by atoms with Gasteiger partial charge in [0.05, 0.1) is 13.2 Å². The number of ether oxygens (including phenoxy) is 1. The molecule has 6 nitrogen and oxygen atoms in total. The molecule has 0 saturated carbocycles. The standard InChI is InChI=1S/C7H13NO5S/c1-3-4-5-6(7(9)12-2)13-14(10,11)8-5/h5-6,8H,3-4H2,1-2H3/t5-,6-/m0/s1. The number of rotatable bonds is 3. The Morgan fingerprint density at radius 1 is 1.57 bits per heavy atom. The quantitative estimate of drug-likeness (QED) is 0.656. The highest BCUT2D eigenvalue weighted by Crippen LogP contribution is 2.18. The zero-order valence-electron chi connectivity index (χ0n) is 8.02. The van der Waals surface area contributed by atoms with Gasteiger partial charge in [-0.25, -0.2) is 8.98 Å². The highest BCUT2D eigenvalue weighted by Gasteiger charge is 2.42. The molecule has 1 aliphatic heterocycles. The molecule has 2 atom stereocenters. The summed E-state index contributed by atoms with van der Waals surface area (Å²) >= 11 is 0. The molecule has 82 valence electrons. The summed E-state index contributed by atoms with van der Waals surface area (Å²) in [6.45, 7) is 1.89. The zero-order valence-corrected chi connectivity index (χ0v) is 8.83. The fourth-order valence-electron chi connectivity index (χ4n) is 1.32. The maximum atomic E-state index is 11.1. The number of esters is 1. The van der Waals surface area contributed by atoms with Crippen molar-refractivity contribution in [1.82, 2.24) is 4.72 Å². The third kappa shape index (κ3) is 2.43. The van der Waals surface area contributed by atoms with Gasteiger partial charge in [0, 0.05) is 0 Å². The van der Waals surface area contributed by atoms with Crippen LogP contribution in [0.5, 0.6) is 0 Å². The van der Waals surface area contributed by atoms with E-state index < -0.39 is 28.4 Å². The minimum absolute atomic E-state index is 0.516. The van der Waals surface area contributed by atoms with Crippen LogP contribution in [0.25, 0.3) is 0 Å². The lowest BCUT2D eigenvalue weighted by atomic mass is 10.1. The smallest absolute Gasteiger partial charge is 0.338 e. The van der Waals surface area contributed by atoms with Crippen LogP contribution in [0.4, 0.5) is 0 Å². The Morgan fingerprint density at radius 3 is 2.71 bits per heavy atom. The first-order chi connectivity index (χ1) is 6.50. The third-order valence-corrected chi connectivity index (χ3v) is 2.98. The van der Waals surface area contributed by atoms with Crippen LogP contribution >= 0.6 is 0 Å². The summed E-state index contributed by atoms with van der Waals surface area (Å²) in [5, 5.41) is 0. The Bertz CT molecular complexity index is 312. The molecule has 1 heterocycles. The topological polar surface area (TPSA) is 81.7 Å². The molecule has 0 aromatic heterocycles. The number of hydrogen-bond acceptors (Lipinski definition) is 5. The Labute approximate surface area is 82.8 Å². The van der Waals surface area contributed by atoms with E-state index in [0.29, 0.717) is 6.42 Å². The van der Waals surface area contributed by atoms with Crippen molar-refractivity contribution in [2.75, 3.05) is 7.11 Å². The molecule has 0 aliphatic carbocycles. The molecule has 1 fully saturated rings. The minimum atomic E-state index is -3.77. The van der Waals surface area contributed by atoms with Crippen LogP contribution in [0.2, 0.25) is 0 Å². The first kappa shape index (κ1) is 11.4. The van der Waals surface area contributed by atoms with Crippen LogP contribution in [0, 0.1) is 0 Å². The Morgan fingerprint density at radius 2 is 2.21 bits per heavy atom. The summed E-state index contributed by atoms with van der Waals surface area (Å²) in [4.78, 5) is 11.1. The van der Waals surface area contributed by atoms with Gasteiger partial charge in [-0.2, -0.15) is 13.1 Å². The summed E-state index contributed by atoms with van der Waals surface area (Å²) in [5.74, 6) is -0.669. The van der Waals surface area contributed by atoms with E-state index in [2.05, 4.69) is 13.6 Å². The molecule has 0 amide bonds. The monoisotopic (exact) mass is 223 g/mol. The summed E-state index contributed by atoms with van der Waals surface area (Å²) in [6.07, 6.45) is 0.244. The van der Waals surface area contributed by atoms with Crippen molar-refractivity contribution < 1.29 is 22.1 Å². The lowest BCUT2D eigenvalue weighted by Crippen LogP contribution is -2.37. The van der Waals surface area contributed by atoms with Gasteiger partial charge in [-0.1, -0.05) is 13.3 Å². The summed E-state index contributed by atoms with van der Waals surface area (Å²) in [6, 6.07) is -0.516. The lowest BCUT2D eigenvalue weighted by molar-refractivity contribution is -0.148. The third-order valence-electron chi connectivity index (χ3n) is 1.92. The molecule has 0 aromatic carbocycles. The van der Waals surface area contributed by atoms with Gasteiger partial charge in [0.1, 0.15) is 0 Å². The van der Waals surface area contributed by atoms with Crippen LogP contribution in [0.3, 0.4) is 0 Å². The maximum absolute atomic E-state index is 11.1. The van der Waals surface area contributed by atoms with Gasteiger partial charge in [-0.15, -0.1) is 0 Å². The van der Waals surface area contributed by atoms with Crippen LogP contribution in [0.15, 0.2) is 0 Å². The van der Waals surface area contributed by atoms with Gasteiger partial charge in [-0.3, -0.25) is 0 Å². The second-order valence-electron chi connectivity index (χ2n) is 3.01. The van der Waals surface area contributed by atoms with Gasteiger partial charge in [-0.05, 0) is 6.42 Å². The van der Waals surface area contributed by atoms with E-state index in [4.69, 9.17) is 0 Å². The molecule has 0 bridgehead atoms. The normalized spacial score (nSPS) is 30.1. The molecule has 1 rings (SSSR count). The number of methoxy groups -OCH3 is 1. The van der Waals surface area contributed by atoms with E-state index in [1.807, 2.05) is 6.92 Å². The van der Waals surface area contributed by atoms with Crippen molar-refractivity contribution in [3.8, 4) is 0 Å². The van der Waals surface area contributed by atoms with Gasteiger partial charge < -0.3 is 4.74 Å². The molecular formula is C7H13NO5S. The Kier molecular flexibility index (Phi) is 3.46. The Hall–Kier alpha value is -0.660. The van der Waals surface area contributed by atoms with Crippen LogP contribution in [-0.4, -0.2) is 33.6 Å². The second-order valence-corrected chi connectivity index (χ2v) is 4.34. The first-order valence-corrected chi connectivity index (χ1v) is 5.69. The van der Waals surface area contributed by atoms with Crippen LogP contribution < -0.4 is 4.72 Å². The van der Waals surface area contributed by atoms with E-state index in [9.17, 15) is 13.2 Å². The van der Waals surface area contributed by atoms with E-state index >= 15 is 0 Å². The largest absolute Gasteiger partial charge is 0.467 e. The summed E-state index contributed by atoms with van der Waals surface area (Å²) in [7, 11) is -2.58. The molecule has 7 heteroatoms. The van der Waals surface area contributed by atoms with Crippen molar-refractivity contribution in [2.45, 2.75) is 31.9 Å². The maximum Gasteiger partial charge on any atom is 0.338 e. The molecule has 0 radical (unpaired) electrons. The predicted molar refractivity (Wildman–Crippen MR) is 47.6 cm³/mol. The van der Waals surface area contributed by atoms with Crippen LogP contribution in [0.1, 0.15) is 19.8 Å². The Balaban J connectivity index is 2.77. The number of nitrogens with one attached hydrogen (secondary N) is 1. The second kappa shape index (κ2) is 4.24. The molecule has 0 spiro atoms.